The summed E-state index contributed by atoms with van der Waals surface area (Å²) in [4.78, 5) is 21.3. The zero-order valence-electron chi connectivity index (χ0n) is 6.39. The fourth-order valence-corrected chi connectivity index (χ4v) is 0.679. The van der Waals surface area contributed by atoms with E-state index in [4.69, 9.17) is 0 Å². The van der Waals surface area contributed by atoms with E-state index < -0.39 is 0 Å². The molecule has 58 valence electrons. The van der Waals surface area contributed by atoms with Crippen LogP contribution in [0.25, 0.3) is 0 Å². The molecule has 0 amide bonds. The molecule has 10 heavy (non-hydrogen) atoms. The van der Waals surface area contributed by atoms with Gasteiger partial charge in [-0.05, 0) is 0 Å². The predicted molar refractivity (Wildman–Crippen MR) is 43.8 cm³/mol. The third-order valence-electron chi connectivity index (χ3n) is 1.26. The van der Waals surface area contributed by atoms with Crippen LogP contribution < -0.4 is 0 Å². The maximum absolute atomic E-state index is 10.9. The number of carbonyl (C=O) groups is 2. The van der Waals surface area contributed by atoms with Crippen molar-refractivity contribution in [2.24, 2.45) is 5.92 Å². The Balaban J connectivity index is 3.50. The monoisotopic (exact) mass is 160 g/mol. The Bertz CT molecular complexity index is 141. The zero-order valence-corrected chi connectivity index (χ0v) is 7.54. The van der Waals surface area contributed by atoms with Crippen LogP contribution in [0.3, 0.4) is 0 Å². The van der Waals surface area contributed by atoms with Crippen molar-refractivity contribution in [3.05, 3.63) is 0 Å². The smallest absolute Gasteiger partial charge is 0.148 e. The van der Waals surface area contributed by atoms with Crippen LogP contribution in [0.15, 0.2) is 0 Å². The Morgan fingerprint density at radius 2 is 1.80 bits per heavy atom. The third-order valence-corrected chi connectivity index (χ3v) is 1.55. The highest BCUT2D eigenvalue weighted by molar-refractivity contribution is 7.40. The molecule has 0 radical (unpaired) electrons. The number of carbonyl (C=O) groups excluding carboxylic acids is 2. The van der Waals surface area contributed by atoms with E-state index in [9.17, 15) is 9.59 Å². The Kier molecular flexibility index (Phi) is 4.46. The molecular formula is C7H13O2P. The van der Waals surface area contributed by atoms with Crippen LogP contribution >= 0.6 is 9.24 Å². The maximum atomic E-state index is 10.9. The number of hydrogen-bond acceptors (Lipinski definition) is 2. The van der Waals surface area contributed by atoms with E-state index in [2.05, 4.69) is 9.24 Å². The molecule has 0 rings (SSSR count). The highest BCUT2D eigenvalue weighted by Crippen LogP contribution is 2.04. The number of rotatable bonds is 4. The van der Waals surface area contributed by atoms with Crippen molar-refractivity contribution in [3.8, 4) is 0 Å². The summed E-state index contributed by atoms with van der Waals surface area (Å²) < 4.78 is 0. The van der Waals surface area contributed by atoms with Crippen LogP contribution in [-0.2, 0) is 9.59 Å². The lowest BCUT2D eigenvalue weighted by Crippen LogP contribution is -2.07. The van der Waals surface area contributed by atoms with Gasteiger partial charge in [0.05, 0.1) is 0 Å². The van der Waals surface area contributed by atoms with Gasteiger partial charge in [0.15, 0.2) is 0 Å². The van der Waals surface area contributed by atoms with Crippen molar-refractivity contribution < 1.29 is 9.59 Å². The second kappa shape index (κ2) is 4.56. The van der Waals surface area contributed by atoms with Crippen LogP contribution in [0.1, 0.15) is 26.7 Å². The minimum Gasteiger partial charge on any atom is -0.299 e. The van der Waals surface area contributed by atoms with Gasteiger partial charge in [-0.2, -0.15) is 0 Å². The van der Waals surface area contributed by atoms with Gasteiger partial charge in [0.2, 0.25) is 0 Å². The van der Waals surface area contributed by atoms with Crippen molar-refractivity contribution >= 4 is 20.5 Å². The van der Waals surface area contributed by atoms with E-state index in [0.717, 1.165) is 0 Å². The van der Waals surface area contributed by atoms with Crippen molar-refractivity contribution in [2.45, 2.75) is 26.7 Å². The predicted octanol–water partition coefficient (Wildman–Crippen LogP) is 1.39. The van der Waals surface area contributed by atoms with Gasteiger partial charge >= 0.3 is 0 Å². The average Bonchev–Trinajstić information content (AvgIpc) is 1.82. The first-order chi connectivity index (χ1) is 4.54. The maximum Gasteiger partial charge on any atom is 0.148 e. The summed E-state index contributed by atoms with van der Waals surface area (Å²) in [5, 5.41) is 0. The lowest BCUT2D eigenvalue weighted by molar-refractivity contribution is -0.123. The van der Waals surface area contributed by atoms with Crippen LogP contribution in [0.5, 0.6) is 0 Å². The van der Waals surface area contributed by atoms with Gasteiger partial charge in [0.1, 0.15) is 11.3 Å². The van der Waals surface area contributed by atoms with Crippen molar-refractivity contribution in [3.63, 3.8) is 0 Å². The van der Waals surface area contributed by atoms with E-state index in [-0.39, 0.29) is 17.2 Å². The van der Waals surface area contributed by atoms with Gasteiger partial charge in [0.25, 0.3) is 0 Å². The molecule has 0 bridgehead atoms. The molecule has 0 spiro atoms. The summed E-state index contributed by atoms with van der Waals surface area (Å²) in [6, 6.07) is 0. The second-order valence-electron chi connectivity index (χ2n) is 2.59. The summed E-state index contributed by atoms with van der Waals surface area (Å²) in [5.41, 5.74) is 0.00833. The van der Waals surface area contributed by atoms with Crippen LogP contribution in [0.4, 0.5) is 0 Å². The first kappa shape index (κ1) is 9.77. The topological polar surface area (TPSA) is 34.1 Å². The Morgan fingerprint density at radius 1 is 1.30 bits per heavy atom. The van der Waals surface area contributed by atoms with E-state index in [1.807, 2.05) is 13.8 Å². The molecule has 0 aromatic carbocycles. The molecule has 0 heterocycles. The zero-order chi connectivity index (χ0) is 8.15. The highest BCUT2D eigenvalue weighted by atomic mass is 31.0. The molecule has 2 nitrogen and oxygen atoms in total. The van der Waals surface area contributed by atoms with Gasteiger partial charge in [-0.1, -0.05) is 23.1 Å². The molecule has 0 aliphatic heterocycles. The van der Waals surface area contributed by atoms with Gasteiger partial charge in [0, 0.05) is 18.8 Å². The van der Waals surface area contributed by atoms with Crippen LogP contribution in [0.2, 0.25) is 0 Å². The second-order valence-corrected chi connectivity index (χ2v) is 3.23. The first-order valence-electron chi connectivity index (χ1n) is 3.35. The Hall–Kier alpha value is -0.230. The number of ketones is 1. The summed E-state index contributed by atoms with van der Waals surface area (Å²) in [5.74, 6) is 0.222. The number of Topliss-reactive ketones (excluding diaryl/α,β-unsaturated/α-hetero) is 1. The molecule has 0 saturated carbocycles. The van der Waals surface area contributed by atoms with Gasteiger partial charge in [-0.25, -0.2) is 0 Å². The summed E-state index contributed by atoms with van der Waals surface area (Å²) in [6.45, 7) is 3.69. The fourth-order valence-electron chi connectivity index (χ4n) is 0.535. The highest BCUT2D eigenvalue weighted by Gasteiger charge is 2.07. The molecule has 0 saturated heterocycles. The summed E-state index contributed by atoms with van der Waals surface area (Å²) in [7, 11) is 2.06. The molecule has 0 aromatic rings. The van der Waals surface area contributed by atoms with E-state index >= 15 is 0 Å². The molecule has 3 heteroatoms. The SMILES string of the molecule is CC(C)C(=O)CCC(=O)P. The normalized spacial score (nSPS) is 10.0. The lowest BCUT2D eigenvalue weighted by atomic mass is 10.1. The van der Waals surface area contributed by atoms with Gasteiger partial charge in [-0.3, -0.25) is 9.59 Å². The third kappa shape index (κ3) is 4.63. The van der Waals surface area contributed by atoms with Crippen LogP contribution in [0, 0.1) is 5.92 Å². The number of hydrogen-bond donors (Lipinski definition) is 0. The Labute approximate surface area is 63.6 Å². The van der Waals surface area contributed by atoms with Crippen molar-refractivity contribution in [2.75, 3.05) is 0 Å². The summed E-state index contributed by atoms with van der Waals surface area (Å²) >= 11 is 0. The van der Waals surface area contributed by atoms with Gasteiger partial charge < -0.3 is 0 Å². The van der Waals surface area contributed by atoms with E-state index in [0.29, 0.717) is 12.8 Å². The van der Waals surface area contributed by atoms with E-state index in [1.54, 1.807) is 0 Å². The van der Waals surface area contributed by atoms with Crippen LogP contribution in [-0.4, -0.2) is 11.3 Å². The lowest BCUT2D eigenvalue weighted by Gasteiger charge is -2.00. The quantitative estimate of drug-likeness (QED) is 0.582. The molecule has 0 aliphatic rings. The Morgan fingerprint density at radius 3 is 2.10 bits per heavy atom. The molecule has 0 aliphatic carbocycles. The minimum atomic E-state index is 0.00833. The largest absolute Gasteiger partial charge is 0.299 e. The molecule has 0 aromatic heterocycles. The van der Waals surface area contributed by atoms with Gasteiger partial charge in [-0.15, -0.1) is 0 Å². The average molecular weight is 160 g/mol. The molecule has 1 unspecified atom stereocenters. The molecular weight excluding hydrogens is 147 g/mol. The standard InChI is InChI=1S/C7H13O2P/c1-5(2)6(8)3-4-7(9)10/h5H,3-4,10H2,1-2H3. The van der Waals surface area contributed by atoms with E-state index in [1.165, 1.54) is 0 Å². The first-order valence-corrected chi connectivity index (χ1v) is 3.92. The fraction of sp³-hybridized carbons (Fsp3) is 0.714. The summed E-state index contributed by atoms with van der Waals surface area (Å²) in [6.07, 6.45) is 0.752. The van der Waals surface area contributed by atoms with Crippen molar-refractivity contribution in [1.82, 2.24) is 0 Å². The molecule has 0 N–H and O–H groups in total. The minimum absolute atomic E-state index is 0.00833. The molecule has 1 atom stereocenters. The molecule has 0 fully saturated rings. The van der Waals surface area contributed by atoms with Crippen molar-refractivity contribution in [1.29, 1.82) is 0 Å².